The lowest BCUT2D eigenvalue weighted by Crippen LogP contribution is -2.67. The summed E-state index contributed by atoms with van der Waals surface area (Å²) in [6.45, 7) is 7.16. The van der Waals surface area contributed by atoms with Crippen LogP contribution in [0.5, 0.6) is 0 Å². The number of primary amides is 1. The summed E-state index contributed by atoms with van der Waals surface area (Å²) >= 11 is 0. The van der Waals surface area contributed by atoms with E-state index in [9.17, 15) is 33.6 Å². The molecule has 242 valence electrons. The molecule has 0 unspecified atom stereocenters. The molecule has 0 aromatic rings. The van der Waals surface area contributed by atoms with Gasteiger partial charge in [0.05, 0.1) is 6.10 Å². The number of carbonyl (C=O) groups excluding carboxylic acids is 7. The summed E-state index contributed by atoms with van der Waals surface area (Å²) in [4.78, 5) is 83.5. The van der Waals surface area contributed by atoms with Crippen LogP contribution in [0.25, 0.3) is 0 Å². The molecule has 2 heterocycles. The van der Waals surface area contributed by atoms with Crippen molar-refractivity contribution in [3.05, 3.63) is 0 Å². The molecule has 18 heteroatoms. The number of rotatable bonds is 10. The van der Waals surface area contributed by atoms with Gasteiger partial charge >= 0.3 is 41.9 Å². The Morgan fingerprint density at radius 3 is 1.49 bits per heavy atom. The van der Waals surface area contributed by atoms with Crippen LogP contribution >= 0.6 is 0 Å². The van der Waals surface area contributed by atoms with Gasteiger partial charge in [0, 0.05) is 41.5 Å². The number of hydrogen-bond acceptors (Lipinski definition) is 17. The smallest absolute Gasteiger partial charge is 0.405 e. The molecule has 2 aliphatic heterocycles. The monoisotopic (exact) mass is 621 g/mol. The average Bonchev–Trinajstić information content (AvgIpc) is 2.84. The first-order chi connectivity index (χ1) is 20.0. The van der Waals surface area contributed by atoms with Crippen molar-refractivity contribution in [1.82, 2.24) is 0 Å². The van der Waals surface area contributed by atoms with E-state index in [2.05, 4.69) is 0 Å². The van der Waals surface area contributed by atoms with Gasteiger partial charge in [0.15, 0.2) is 42.9 Å². The van der Waals surface area contributed by atoms with Crippen LogP contribution in [0.1, 0.15) is 48.5 Å². The average molecular weight is 622 g/mol. The highest BCUT2D eigenvalue weighted by Gasteiger charge is 2.57. The van der Waals surface area contributed by atoms with Crippen LogP contribution in [0.3, 0.4) is 0 Å². The summed E-state index contributed by atoms with van der Waals surface area (Å²) in [5.74, 6) is -5.08. The van der Waals surface area contributed by atoms with E-state index in [-0.39, 0.29) is 0 Å². The number of hydrogen-bond donors (Lipinski definition) is 1. The third-order valence-corrected chi connectivity index (χ3v) is 5.80. The molecular formula is C25H35NO17. The second-order valence-electron chi connectivity index (χ2n) is 9.46. The van der Waals surface area contributed by atoms with E-state index in [0.717, 1.165) is 41.5 Å². The second-order valence-corrected chi connectivity index (χ2v) is 9.46. The third kappa shape index (κ3) is 10.3. The maximum Gasteiger partial charge on any atom is 0.405 e. The Bertz CT molecular complexity index is 1080. The van der Waals surface area contributed by atoms with E-state index < -0.39 is 110 Å². The largest absolute Gasteiger partial charge is 0.463 e. The molecule has 2 N–H and O–H groups in total. The molecule has 0 spiro atoms. The van der Waals surface area contributed by atoms with Gasteiger partial charge in [-0.05, 0) is 6.92 Å². The van der Waals surface area contributed by atoms with Gasteiger partial charge in [0.2, 0.25) is 6.29 Å². The van der Waals surface area contributed by atoms with Crippen LogP contribution in [-0.4, -0.2) is 110 Å². The minimum absolute atomic E-state index is 0.590. The SMILES string of the molecule is CC(=O)OC[C@H]1O[C@H](O[C@@H]2[C@@H](OC(C)=O)O[C@@H](C)[C@@H](OC(C)=O)[C@@H]2OC(C)=O)[C@@H](OC(C)=O)[C@@H](OC(N)=O)[C@@H]1OC(C)=O. The summed E-state index contributed by atoms with van der Waals surface area (Å²) in [5.41, 5.74) is 5.25. The molecule has 2 saturated heterocycles. The van der Waals surface area contributed by atoms with E-state index in [4.69, 9.17) is 53.1 Å². The fourth-order valence-electron chi connectivity index (χ4n) is 4.45. The van der Waals surface area contributed by atoms with Gasteiger partial charge in [-0.15, -0.1) is 0 Å². The van der Waals surface area contributed by atoms with Gasteiger partial charge in [-0.1, -0.05) is 0 Å². The molecule has 2 rings (SSSR count). The molecule has 0 aromatic heterocycles. The number of ether oxygens (including phenoxy) is 10. The van der Waals surface area contributed by atoms with E-state index in [1.165, 1.54) is 6.92 Å². The number of esters is 6. The van der Waals surface area contributed by atoms with Crippen molar-refractivity contribution < 1.29 is 80.9 Å². The Hall–Kier alpha value is -4.03. The fraction of sp³-hybridized carbons (Fsp3) is 0.720. The molecule has 18 nitrogen and oxygen atoms in total. The summed E-state index contributed by atoms with van der Waals surface area (Å²) in [6.07, 6.45) is -16.7. The van der Waals surface area contributed by atoms with Crippen LogP contribution in [0, 0.1) is 0 Å². The molecule has 43 heavy (non-hydrogen) atoms. The van der Waals surface area contributed by atoms with Crippen LogP contribution in [0.2, 0.25) is 0 Å². The van der Waals surface area contributed by atoms with Crippen molar-refractivity contribution in [3.63, 3.8) is 0 Å². The van der Waals surface area contributed by atoms with E-state index in [1.54, 1.807) is 0 Å². The minimum Gasteiger partial charge on any atom is -0.463 e. The zero-order valence-corrected chi connectivity index (χ0v) is 24.5. The van der Waals surface area contributed by atoms with Crippen molar-refractivity contribution in [3.8, 4) is 0 Å². The van der Waals surface area contributed by atoms with Crippen LogP contribution in [0.4, 0.5) is 4.79 Å². The minimum atomic E-state index is -1.82. The van der Waals surface area contributed by atoms with Gasteiger partial charge < -0.3 is 53.1 Å². The van der Waals surface area contributed by atoms with Crippen LogP contribution in [0.15, 0.2) is 0 Å². The zero-order chi connectivity index (χ0) is 32.6. The Balaban J connectivity index is 2.66. The number of nitrogens with two attached hydrogens (primary N) is 1. The molecule has 0 radical (unpaired) electrons. The van der Waals surface area contributed by atoms with E-state index in [1.807, 2.05) is 0 Å². The Morgan fingerprint density at radius 2 is 1.00 bits per heavy atom. The first-order valence-corrected chi connectivity index (χ1v) is 12.9. The lowest BCUT2D eigenvalue weighted by molar-refractivity contribution is -0.360. The standard InChI is InChI=1S/C25H35NO17/c1-9-17(36-11(3)28)19(38-13(5)30)22(23(35-9)40-15(7)32)42-24-21(39-14(6)31)20(43-25(26)33)18(37-12(4)29)16(41-24)8-34-10(2)27/h9,16-24H,8H2,1-7H3,(H2,26,33)/t9-,16+,17+,18+,19-,20-,21-,22-,23+,24+/m0/s1. The highest BCUT2D eigenvalue weighted by atomic mass is 16.8. The second kappa shape index (κ2) is 15.4. The van der Waals surface area contributed by atoms with Crippen molar-refractivity contribution in [2.45, 2.75) is 110 Å². The highest BCUT2D eigenvalue weighted by Crippen LogP contribution is 2.35. The van der Waals surface area contributed by atoms with Gasteiger partial charge in [0.1, 0.15) is 12.7 Å². The van der Waals surface area contributed by atoms with Crippen molar-refractivity contribution in [2.75, 3.05) is 6.61 Å². The third-order valence-electron chi connectivity index (χ3n) is 5.80. The van der Waals surface area contributed by atoms with Gasteiger partial charge in [-0.25, -0.2) is 4.79 Å². The van der Waals surface area contributed by atoms with Crippen molar-refractivity contribution in [2.24, 2.45) is 5.73 Å². The molecule has 0 aliphatic carbocycles. The number of carbonyl (C=O) groups is 7. The van der Waals surface area contributed by atoms with Crippen molar-refractivity contribution in [1.29, 1.82) is 0 Å². The van der Waals surface area contributed by atoms with Gasteiger partial charge in [-0.2, -0.15) is 0 Å². The zero-order valence-electron chi connectivity index (χ0n) is 24.5. The Kier molecular flexibility index (Phi) is 12.6. The molecule has 0 aromatic carbocycles. The topological polar surface area (TPSA) is 238 Å². The predicted molar refractivity (Wildman–Crippen MR) is 133 cm³/mol. The summed E-state index contributed by atoms with van der Waals surface area (Å²) < 4.78 is 54.4. The molecular weight excluding hydrogens is 586 g/mol. The van der Waals surface area contributed by atoms with Crippen LogP contribution in [-0.2, 0) is 76.1 Å². The first-order valence-electron chi connectivity index (χ1n) is 12.9. The van der Waals surface area contributed by atoms with Gasteiger partial charge in [-0.3, -0.25) is 28.8 Å². The van der Waals surface area contributed by atoms with E-state index in [0.29, 0.717) is 0 Å². The van der Waals surface area contributed by atoms with Crippen LogP contribution < -0.4 is 5.73 Å². The normalized spacial score (nSPS) is 31.9. The molecule has 1 amide bonds. The van der Waals surface area contributed by atoms with E-state index >= 15 is 0 Å². The summed E-state index contributed by atoms with van der Waals surface area (Å²) in [5, 5.41) is 0. The maximum absolute atomic E-state index is 12.1. The predicted octanol–water partition coefficient (Wildman–Crippen LogP) is -0.842. The molecule has 0 bridgehead atoms. The molecule has 0 saturated carbocycles. The lowest BCUT2D eigenvalue weighted by Gasteiger charge is -2.48. The maximum atomic E-state index is 12.1. The highest BCUT2D eigenvalue weighted by molar-refractivity contribution is 5.69. The molecule has 2 aliphatic rings. The fourth-order valence-corrected chi connectivity index (χ4v) is 4.45. The quantitative estimate of drug-likeness (QED) is 0.231. The Labute approximate surface area is 245 Å². The summed E-state index contributed by atoms with van der Waals surface area (Å²) in [7, 11) is 0. The lowest BCUT2D eigenvalue weighted by atomic mass is 9.96. The summed E-state index contributed by atoms with van der Waals surface area (Å²) in [6, 6.07) is 0. The van der Waals surface area contributed by atoms with Crippen molar-refractivity contribution >= 4 is 41.9 Å². The molecule has 10 atom stereocenters. The van der Waals surface area contributed by atoms with Gasteiger partial charge in [0.25, 0.3) is 0 Å². The Morgan fingerprint density at radius 1 is 0.535 bits per heavy atom. The number of amides is 1. The first kappa shape index (κ1) is 35.2. The molecule has 2 fully saturated rings.